The lowest BCUT2D eigenvalue weighted by molar-refractivity contribution is -0.150. The SMILES string of the molecule is CCOC(=O)[C@@H]1CCCN(CCOCCN2Cc3ccccc3Cc3ccccc32)C1. The molecule has 0 amide bonds. The van der Waals surface area contributed by atoms with Crippen molar-refractivity contribution in [3.63, 3.8) is 0 Å². The minimum atomic E-state index is -0.0479. The number of carbonyl (C=O) groups is 1. The van der Waals surface area contributed by atoms with Gasteiger partial charge in [0.25, 0.3) is 0 Å². The molecule has 0 aliphatic carbocycles. The molecule has 0 unspecified atom stereocenters. The van der Waals surface area contributed by atoms with Gasteiger partial charge in [-0.25, -0.2) is 0 Å². The minimum Gasteiger partial charge on any atom is -0.466 e. The van der Waals surface area contributed by atoms with Crippen LogP contribution >= 0.6 is 0 Å². The summed E-state index contributed by atoms with van der Waals surface area (Å²) in [7, 11) is 0. The quantitative estimate of drug-likeness (QED) is 0.477. The first-order valence-electron chi connectivity index (χ1n) is 11.6. The summed E-state index contributed by atoms with van der Waals surface area (Å²) in [5.41, 5.74) is 5.51. The Balaban J connectivity index is 1.26. The van der Waals surface area contributed by atoms with Crippen molar-refractivity contribution in [1.82, 2.24) is 4.90 Å². The van der Waals surface area contributed by atoms with E-state index < -0.39 is 0 Å². The van der Waals surface area contributed by atoms with Gasteiger partial charge in [-0.15, -0.1) is 0 Å². The molecular weight excluding hydrogens is 388 g/mol. The lowest BCUT2D eigenvalue weighted by atomic mass is 9.98. The first kappa shape index (κ1) is 21.8. The summed E-state index contributed by atoms with van der Waals surface area (Å²) in [6.45, 7) is 8.22. The molecule has 1 saturated heterocycles. The van der Waals surface area contributed by atoms with Crippen LogP contribution in [0.2, 0.25) is 0 Å². The molecule has 1 atom stereocenters. The molecule has 0 N–H and O–H groups in total. The molecule has 2 aliphatic heterocycles. The van der Waals surface area contributed by atoms with Crippen LogP contribution in [0.5, 0.6) is 0 Å². The summed E-state index contributed by atoms with van der Waals surface area (Å²) in [5, 5.41) is 0. The maximum atomic E-state index is 12.0. The molecule has 2 aromatic carbocycles. The van der Waals surface area contributed by atoms with Crippen LogP contribution in [0.15, 0.2) is 48.5 Å². The van der Waals surface area contributed by atoms with Gasteiger partial charge >= 0.3 is 5.97 Å². The van der Waals surface area contributed by atoms with Crippen LogP contribution in [0.1, 0.15) is 36.5 Å². The molecule has 1 fully saturated rings. The van der Waals surface area contributed by atoms with Gasteiger partial charge in [0.15, 0.2) is 0 Å². The lowest BCUT2D eigenvalue weighted by Crippen LogP contribution is -2.41. The highest BCUT2D eigenvalue weighted by Gasteiger charge is 2.26. The summed E-state index contributed by atoms with van der Waals surface area (Å²) >= 11 is 0. The summed E-state index contributed by atoms with van der Waals surface area (Å²) in [6, 6.07) is 17.5. The van der Waals surface area contributed by atoms with E-state index in [0.29, 0.717) is 19.8 Å². The van der Waals surface area contributed by atoms with Crippen molar-refractivity contribution < 1.29 is 14.3 Å². The first-order valence-corrected chi connectivity index (χ1v) is 11.6. The number of esters is 1. The molecule has 2 aromatic rings. The number of benzene rings is 2. The van der Waals surface area contributed by atoms with Gasteiger partial charge in [-0.05, 0) is 55.5 Å². The van der Waals surface area contributed by atoms with Crippen LogP contribution in [0.25, 0.3) is 0 Å². The third-order valence-corrected chi connectivity index (χ3v) is 6.38. The molecule has 0 aromatic heterocycles. The first-order chi connectivity index (χ1) is 15.2. The monoisotopic (exact) mass is 422 g/mol. The molecular formula is C26H34N2O3. The van der Waals surface area contributed by atoms with Gasteiger partial charge in [-0.3, -0.25) is 4.79 Å². The average Bonchev–Trinajstić information content (AvgIpc) is 2.96. The van der Waals surface area contributed by atoms with Gasteiger partial charge in [0.05, 0.1) is 25.7 Å². The number of fused-ring (bicyclic) bond motifs is 2. The van der Waals surface area contributed by atoms with Crippen molar-refractivity contribution in [1.29, 1.82) is 0 Å². The van der Waals surface area contributed by atoms with Crippen LogP contribution in [0, 0.1) is 5.92 Å². The Bertz CT molecular complexity index is 869. The maximum Gasteiger partial charge on any atom is 0.310 e. The van der Waals surface area contributed by atoms with E-state index in [0.717, 1.165) is 52.0 Å². The summed E-state index contributed by atoms with van der Waals surface area (Å²) in [5.74, 6) is -0.0319. The third-order valence-electron chi connectivity index (χ3n) is 6.38. The molecule has 0 saturated carbocycles. The highest BCUT2D eigenvalue weighted by Crippen LogP contribution is 2.30. The van der Waals surface area contributed by atoms with Crippen LogP contribution in [0.4, 0.5) is 5.69 Å². The van der Waals surface area contributed by atoms with Crippen LogP contribution in [0.3, 0.4) is 0 Å². The van der Waals surface area contributed by atoms with Crippen LogP contribution in [-0.2, 0) is 27.2 Å². The molecule has 5 heteroatoms. The van der Waals surface area contributed by atoms with Crippen molar-refractivity contribution in [3.05, 3.63) is 65.2 Å². The van der Waals surface area contributed by atoms with E-state index in [4.69, 9.17) is 9.47 Å². The number of nitrogens with zero attached hydrogens (tertiary/aromatic N) is 2. The predicted molar refractivity (Wildman–Crippen MR) is 123 cm³/mol. The van der Waals surface area contributed by atoms with Gasteiger partial charge in [0.1, 0.15) is 0 Å². The molecule has 0 spiro atoms. The molecule has 5 nitrogen and oxygen atoms in total. The van der Waals surface area contributed by atoms with Gasteiger partial charge in [0, 0.05) is 31.9 Å². The Morgan fingerprint density at radius 2 is 1.74 bits per heavy atom. The zero-order valence-electron chi connectivity index (χ0n) is 18.6. The molecule has 2 heterocycles. The smallest absolute Gasteiger partial charge is 0.310 e. The predicted octanol–water partition coefficient (Wildman–Crippen LogP) is 3.89. The Labute approximate surface area is 185 Å². The van der Waals surface area contributed by atoms with Gasteiger partial charge < -0.3 is 19.3 Å². The fraction of sp³-hybridized carbons (Fsp3) is 0.500. The van der Waals surface area contributed by atoms with E-state index in [9.17, 15) is 4.79 Å². The Kier molecular flexibility index (Phi) is 7.60. The normalized spacial score (nSPS) is 18.7. The van der Waals surface area contributed by atoms with E-state index in [1.165, 1.54) is 22.4 Å². The topological polar surface area (TPSA) is 42.0 Å². The standard InChI is InChI=1S/C26H34N2O3/c1-2-31-26(29)24-11-7-13-27(19-24)14-16-30-17-15-28-20-23-10-4-3-8-21(23)18-22-9-5-6-12-25(22)28/h3-6,8-10,12,24H,2,7,11,13-20H2,1H3/t24-/m1/s1. The average molecular weight is 423 g/mol. The maximum absolute atomic E-state index is 12.0. The number of hydrogen-bond donors (Lipinski definition) is 0. The highest BCUT2D eigenvalue weighted by molar-refractivity contribution is 5.72. The van der Waals surface area contributed by atoms with Crippen molar-refractivity contribution in [2.24, 2.45) is 5.92 Å². The van der Waals surface area contributed by atoms with Crippen molar-refractivity contribution in [2.45, 2.75) is 32.7 Å². The molecule has 2 aliphatic rings. The number of likely N-dealkylation sites (tertiary alicyclic amines) is 1. The van der Waals surface area contributed by atoms with Gasteiger partial charge in [-0.2, -0.15) is 0 Å². The summed E-state index contributed by atoms with van der Waals surface area (Å²) in [4.78, 5) is 16.8. The van der Waals surface area contributed by atoms with Crippen LogP contribution in [-0.4, -0.2) is 56.9 Å². The van der Waals surface area contributed by atoms with E-state index >= 15 is 0 Å². The number of anilines is 1. The summed E-state index contributed by atoms with van der Waals surface area (Å²) < 4.78 is 11.2. The fourth-order valence-electron chi connectivity index (χ4n) is 4.73. The fourth-order valence-corrected chi connectivity index (χ4v) is 4.73. The zero-order chi connectivity index (χ0) is 21.5. The second-order valence-electron chi connectivity index (χ2n) is 8.50. The molecule has 31 heavy (non-hydrogen) atoms. The van der Waals surface area contributed by atoms with E-state index in [1.54, 1.807) is 0 Å². The number of ether oxygens (including phenoxy) is 2. The number of hydrogen-bond acceptors (Lipinski definition) is 5. The van der Waals surface area contributed by atoms with Crippen LogP contribution < -0.4 is 4.90 Å². The van der Waals surface area contributed by atoms with Crippen molar-refractivity contribution in [3.8, 4) is 0 Å². The molecule has 0 bridgehead atoms. The molecule has 4 rings (SSSR count). The molecule has 166 valence electrons. The lowest BCUT2D eigenvalue weighted by Gasteiger charge is -2.31. The minimum absolute atomic E-state index is 0.0161. The number of rotatable bonds is 8. The van der Waals surface area contributed by atoms with Crippen molar-refractivity contribution >= 4 is 11.7 Å². The second kappa shape index (κ2) is 10.8. The highest BCUT2D eigenvalue weighted by atomic mass is 16.5. The van der Waals surface area contributed by atoms with Crippen molar-refractivity contribution in [2.75, 3.05) is 50.9 Å². The summed E-state index contributed by atoms with van der Waals surface area (Å²) in [6.07, 6.45) is 2.97. The van der Waals surface area contributed by atoms with Gasteiger partial charge in [-0.1, -0.05) is 42.5 Å². The Morgan fingerprint density at radius 1 is 1.00 bits per heavy atom. The number of piperidine rings is 1. The van der Waals surface area contributed by atoms with E-state index in [2.05, 4.69) is 58.3 Å². The Hall–Kier alpha value is -2.37. The van der Waals surface area contributed by atoms with Gasteiger partial charge in [0.2, 0.25) is 0 Å². The number of carbonyl (C=O) groups excluding carboxylic acids is 1. The number of para-hydroxylation sites is 1. The largest absolute Gasteiger partial charge is 0.466 e. The van der Waals surface area contributed by atoms with E-state index in [1.807, 2.05) is 6.92 Å². The third kappa shape index (κ3) is 5.66. The molecule has 0 radical (unpaired) electrons. The zero-order valence-corrected chi connectivity index (χ0v) is 18.6. The Morgan fingerprint density at radius 3 is 2.58 bits per heavy atom. The second-order valence-corrected chi connectivity index (χ2v) is 8.50. The van der Waals surface area contributed by atoms with E-state index in [-0.39, 0.29) is 11.9 Å².